The summed E-state index contributed by atoms with van der Waals surface area (Å²) in [6.45, 7) is 21.0. The van der Waals surface area contributed by atoms with Gasteiger partial charge in [0.2, 0.25) is 5.91 Å². The summed E-state index contributed by atoms with van der Waals surface area (Å²) in [6.07, 6.45) is -0.566. The lowest BCUT2D eigenvalue weighted by Crippen LogP contribution is -2.49. The highest BCUT2D eigenvalue weighted by atomic mass is 28.4. The minimum absolute atomic E-state index is 0.0403. The van der Waals surface area contributed by atoms with Crippen LogP contribution in [0.2, 0.25) is 18.1 Å². The number of nitrogens with zero attached hydrogens (tertiary/aromatic N) is 1. The zero-order valence-electron chi connectivity index (χ0n) is 20.8. The molecule has 2 amide bonds. The molecule has 1 aromatic rings. The van der Waals surface area contributed by atoms with E-state index in [0.29, 0.717) is 6.61 Å². The maximum Gasteiger partial charge on any atom is 0.417 e. The van der Waals surface area contributed by atoms with Crippen molar-refractivity contribution in [2.24, 2.45) is 5.92 Å². The molecule has 3 rings (SSSR count). The van der Waals surface area contributed by atoms with Gasteiger partial charge in [0.1, 0.15) is 5.60 Å². The average molecular weight is 446 g/mol. The van der Waals surface area contributed by atoms with E-state index in [0.717, 1.165) is 5.56 Å². The number of likely N-dealkylation sites (tertiary alicyclic amines) is 1. The van der Waals surface area contributed by atoms with E-state index in [-0.39, 0.29) is 34.2 Å². The van der Waals surface area contributed by atoms with Crippen LogP contribution in [0, 0.1) is 5.92 Å². The number of imide groups is 1. The molecule has 0 bridgehead atoms. The molecule has 0 N–H and O–H groups in total. The second-order valence-electron chi connectivity index (χ2n) is 12.1. The molecule has 3 atom stereocenters. The Morgan fingerprint density at radius 2 is 1.68 bits per heavy atom. The number of amides is 2. The van der Waals surface area contributed by atoms with E-state index < -0.39 is 20.0 Å². The number of carbonyl (C=O) groups is 2. The smallest absolute Gasteiger partial charge is 0.417 e. The van der Waals surface area contributed by atoms with Crippen molar-refractivity contribution in [3.8, 4) is 0 Å². The van der Waals surface area contributed by atoms with Crippen molar-refractivity contribution in [1.82, 2.24) is 4.90 Å². The highest BCUT2D eigenvalue weighted by Crippen LogP contribution is 2.57. The molecule has 1 saturated heterocycles. The zero-order valence-corrected chi connectivity index (χ0v) is 21.8. The Morgan fingerprint density at radius 1 is 1.10 bits per heavy atom. The SMILES string of the molecule is CC(C)(C)OC(=O)N1C(=O)C2[C@H](c3ccccc3C2(C)C)[C@H]1CO[Si](C)(C)C(C)(C)C. The fourth-order valence-electron chi connectivity index (χ4n) is 4.76. The third kappa shape index (κ3) is 4.09. The molecule has 1 aliphatic heterocycles. The molecule has 0 spiro atoms. The highest BCUT2D eigenvalue weighted by Gasteiger charge is 2.62. The Morgan fingerprint density at radius 3 is 2.23 bits per heavy atom. The van der Waals surface area contributed by atoms with Crippen molar-refractivity contribution in [3.63, 3.8) is 0 Å². The van der Waals surface area contributed by atoms with Crippen molar-refractivity contribution >= 4 is 20.3 Å². The van der Waals surface area contributed by atoms with Crippen LogP contribution in [0.3, 0.4) is 0 Å². The molecule has 0 aromatic heterocycles. The van der Waals surface area contributed by atoms with Crippen molar-refractivity contribution in [1.29, 1.82) is 0 Å². The number of ether oxygens (including phenoxy) is 1. The van der Waals surface area contributed by atoms with Crippen LogP contribution in [0.1, 0.15) is 72.4 Å². The Hall–Kier alpha value is -1.66. The lowest BCUT2D eigenvalue weighted by atomic mass is 9.76. The number of hydrogen-bond acceptors (Lipinski definition) is 4. The van der Waals surface area contributed by atoms with Gasteiger partial charge in [0.25, 0.3) is 0 Å². The van der Waals surface area contributed by atoms with Gasteiger partial charge in [-0.25, -0.2) is 9.69 Å². The summed E-state index contributed by atoms with van der Waals surface area (Å²) < 4.78 is 12.2. The van der Waals surface area contributed by atoms with E-state index in [9.17, 15) is 9.59 Å². The van der Waals surface area contributed by atoms with Crippen LogP contribution in [-0.4, -0.2) is 43.5 Å². The number of fused-ring (bicyclic) bond motifs is 3. The van der Waals surface area contributed by atoms with Crippen LogP contribution >= 0.6 is 0 Å². The van der Waals surface area contributed by atoms with Gasteiger partial charge >= 0.3 is 6.09 Å². The second-order valence-corrected chi connectivity index (χ2v) is 16.9. The van der Waals surface area contributed by atoms with Gasteiger partial charge in [0.15, 0.2) is 8.32 Å². The lowest BCUT2D eigenvalue weighted by Gasteiger charge is -2.38. The quantitative estimate of drug-likeness (QED) is 0.548. The van der Waals surface area contributed by atoms with Crippen molar-refractivity contribution < 1.29 is 18.8 Å². The summed E-state index contributed by atoms with van der Waals surface area (Å²) in [5.74, 6) is -0.536. The van der Waals surface area contributed by atoms with Gasteiger partial charge in [-0.1, -0.05) is 58.9 Å². The molecule has 1 aliphatic carbocycles. The minimum Gasteiger partial charge on any atom is -0.443 e. The fourth-order valence-corrected chi connectivity index (χ4v) is 5.78. The molecule has 172 valence electrons. The predicted molar refractivity (Wildman–Crippen MR) is 126 cm³/mol. The van der Waals surface area contributed by atoms with Gasteiger partial charge in [-0.2, -0.15) is 0 Å². The summed E-state index contributed by atoms with van der Waals surface area (Å²) in [5.41, 5.74) is 1.32. The van der Waals surface area contributed by atoms with Gasteiger partial charge in [-0.15, -0.1) is 0 Å². The first kappa shape index (κ1) is 24.0. The Labute approximate surface area is 188 Å². The van der Waals surface area contributed by atoms with Crippen LogP contribution in [0.4, 0.5) is 4.79 Å². The van der Waals surface area contributed by atoms with Crippen LogP contribution < -0.4 is 0 Å². The van der Waals surface area contributed by atoms with Crippen molar-refractivity contribution in [2.45, 2.75) is 96.5 Å². The van der Waals surface area contributed by atoms with Crippen LogP contribution in [-0.2, 0) is 19.4 Å². The van der Waals surface area contributed by atoms with E-state index >= 15 is 0 Å². The Balaban J connectivity index is 2.04. The first-order valence-corrected chi connectivity index (χ1v) is 14.2. The summed E-state index contributed by atoms with van der Waals surface area (Å²) >= 11 is 0. The molecule has 0 radical (unpaired) electrons. The molecule has 31 heavy (non-hydrogen) atoms. The standard InChI is InChI=1S/C25H39NO4Si/c1-23(2,3)30-22(28)26-18(15-29-31(9,10)24(4,5)6)19-16-13-11-12-14-17(16)25(7,8)20(19)21(26)27/h11-14,18-20H,15H2,1-10H3/t18-,19-,20?/m1/s1. The number of benzene rings is 1. The van der Waals surface area contributed by atoms with Crippen molar-refractivity contribution in [2.75, 3.05) is 6.61 Å². The number of rotatable bonds is 3. The van der Waals surface area contributed by atoms with E-state index in [1.165, 1.54) is 10.5 Å². The molecule has 5 nitrogen and oxygen atoms in total. The third-order valence-corrected chi connectivity index (χ3v) is 11.9. The minimum atomic E-state index is -2.07. The average Bonchev–Trinajstić information content (AvgIpc) is 3.02. The normalized spacial score (nSPS) is 25.4. The molecule has 1 fully saturated rings. The van der Waals surface area contributed by atoms with Crippen LogP contribution in [0.15, 0.2) is 24.3 Å². The predicted octanol–water partition coefficient (Wildman–Crippen LogP) is 5.85. The fraction of sp³-hybridized carbons (Fsp3) is 0.680. The van der Waals surface area contributed by atoms with Gasteiger partial charge in [0.05, 0.1) is 18.6 Å². The van der Waals surface area contributed by atoms with Gasteiger partial charge in [-0.3, -0.25) is 4.79 Å². The summed E-state index contributed by atoms with van der Waals surface area (Å²) in [7, 11) is -2.07. The van der Waals surface area contributed by atoms with Crippen LogP contribution in [0.25, 0.3) is 0 Å². The van der Waals surface area contributed by atoms with Crippen molar-refractivity contribution in [3.05, 3.63) is 35.4 Å². The maximum atomic E-state index is 13.7. The van der Waals surface area contributed by atoms with Gasteiger partial charge < -0.3 is 9.16 Å². The van der Waals surface area contributed by atoms with E-state index in [4.69, 9.17) is 9.16 Å². The molecule has 6 heteroatoms. The Kier molecular flexibility index (Phi) is 5.76. The molecule has 0 saturated carbocycles. The van der Waals surface area contributed by atoms with Crippen LogP contribution in [0.5, 0.6) is 0 Å². The molecular formula is C25H39NO4Si. The topological polar surface area (TPSA) is 55.8 Å². The first-order valence-electron chi connectivity index (χ1n) is 11.3. The molecule has 1 unspecified atom stereocenters. The van der Waals surface area contributed by atoms with Gasteiger partial charge in [-0.05, 0) is 50.0 Å². The van der Waals surface area contributed by atoms with E-state index in [2.05, 4.69) is 59.8 Å². The highest BCUT2D eigenvalue weighted by molar-refractivity contribution is 6.74. The van der Waals surface area contributed by atoms with E-state index in [1.807, 2.05) is 32.9 Å². The zero-order chi connectivity index (χ0) is 23.6. The Bertz CT molecular complexity index is 878. The number of carbonyl (C=O) groups excluding carboxylic acids is 2. The summed E-state index contributed by atoms with van der Waals surface area (Å²) in [6, 6.07) is 7.89. The molecule has 2 aliphatic rings. The number of hydrogen-bond donors (Lipinski definition) is 0. The van der Waals surface area contributed by atoms with Gasteiger partial charge in [0, 0.05) is 11.3 Å². The monoisotopic (exact) mass is 445 g/mol. The second kappa shape index (κ2) is 7.44. The summed E-state index contributed by atoms with van der Waals surface area (Å²) in [4.78, 5) is 28.3. The largest absolute Gasteiger partial charge is 0.443 e. The summed E-state index contributed by atoms with van der Waals surface area (Å²) in [5, 5.41) is 0.0403. The molecule has 1 heterocycles. The van der Waals surface area contributed by atoms with E-state index in [1.54, 1.807) is 0 Å². The lowest BCUT2D eigenvalue weighted by molar-refractivity contribution is -0.132. The first-order chi connectivity index (χ1) is 14.0. The maximum absolute atomic E-state index is 13.7. The molecule has 1 aromatic carbocycles. The molecular weight excluding hydrogens is 406 g/mol. The third-order valence-electron chi connectivity index (χ3n) is 7.41.